The highest BCUT2D eigenvalue weighted by Crippen LogP contribution is 2.27. The number of amides is 1. The normalized spacial score (nSPS) is 13.1. The van der Waals surface area contributed by atoms with E-state index in [1.807, 2.05) is 12.1 Å². The number of nitrogens with zero attached hydrogens (tertiary/aromatic N) is 6. The molecule has 1 aliphatic heterocycles. The maximum atomic E-state index is 15.0. The molecule has 12 heteroatoms. The number of hydrogen-bond acceptors (Lipinski definition) is 7. The zero-order chi connectivity index (χ0) is 25.7. The van der Waals surface area contributed by atoms with Crippen molar-refractivity contribution in [3.8, 4) is 11.9 Å². The van der Waals surface area contributed by atoms with Crippen LogP contribution in [0.2, 0.25) is 0 Å². The van der Waals surface area contributed by atoms with Gasteiger partial charge in [0.15, 0.2) is 11.6 Å². The zero-order valence-corrected chi connectivity index (χ0v) is 19.8. The van der Waals surface area contributed by atoms with Crippen LogP contribution in [0.5, 0.6) is 0 Å². The largest absolute Gasteiger partial charge is 0.363 e. The number of hydrogen-bond donors (Lipinski definition) is 1. The molecule has 184 valence electrons. The summed E-state index contributed by atoms with van der Waals surface area (Å²) in [6.07, 6.45) is 4.62. The average Bonchev–Trinajstić information content (AvgIpc) is 3.36. The minimum atomic E-state index is -0.747. The number of nitrogens with one attached hydrogen (secondary N) is 1. The van der Waals surface area contributed by atoms with Crippen LogP contribution in [0.1, 0.15) is 21.6 Å². The molecule has 0 atom stereocenters. The maximum absolute atomic E-state index is 15.0. The van der Waals surface area contributed by atoms with Gasteiger partial charge in [0.05, 0.1) is 18.4 Å². The summed E-state index contributed by atoms with van der Waals surface area (Å²) in [6, 6.07) is 9.46. The number of halogens is 2. The van der Waals surface area contributed by atoms with Crippen LogP contribution in [-0.2, 0) is 11.3 Å². The zero-order valence-electron chi connectivity index (χ0n) is 19.0. The van der Waals surface area contributed by atoms with E-state index in [1.54, 1.807) is 28.0 Å². The molecule has 1 saturated heterocycles. The Labute approximate surface area is 211 Å². The van der Waals surface area contributed by atoms with Crippen molar-refractivity contribution in [2.75, 3.05) is 31.1 Å². The number of piperazine rings is 1. The predicted molar refractivity (Wildman–Crippen MR) is 132 cm³/mol. The molecule has 1 N–H and O–H groups in total. The summed E-state index contributed by atoms with van der Waals surface area (Å²) in [6.45, 7) is 5.05. The van der Waals surface area contributed by atoms with Crippen molar-refractivity contribution < 1.29 is 18.3 Å². The molecule has 0 saturated carbocycles. The van der Waals surface area contributed by atoms with Gasteiger partial charge in [-0.2, -0.15) is 0 Å². The Kier molecular flexibility index (Phi) is 7.50. The molecule has 9 nitrogen and oxygen atoms in total. The van der Waals surface area contributed by atoms with Gasteiger partial charge in [-0.3, -0.25) is 4.79 Å². The van der Waals surface area contributed by atoms with Crippen LogP contribution in [0.3, 0.4) is 0 Å². The second-order valence-electron chi connectivity index (χ2n) is 7.85. The first-order chi connectivity index (χ1) is 17.4. The predicted octanol–water partition coefficient (Wildman–Crippen LogP) is 3.02. The highest BCUT2D eigenvalue weighted by atomic mass is 32.1. The Balaban J connectivity index is 1.41. The molecule has 36 heavy (non-hydrogen) atoms. The van der Waals surface area contributed by atoms with Crippen LogP contribution in [0.25, 0.3) is 11.8 Å². The topological polar surface area (TPSA) is 99.3 Å². The minimum Gasteiger partial charge on any atom is -0.363 e. The van der Waals surface area contributed by atoms with Crippen LogP contribution in [-0.4, -0.2) is 57.2 Å². The smallest absolute Gasteiger partial charge is 0.294 e. The Morgan fingerprint density at radius 3 is 2.47 bits per heavy atom. The molecule has 0 bridgehead atoms. The summed E-state index contributed by atoms with van der Waals surface area (Å²) in [5, 5.41) is 18.8. The first-order valence-electron chi connectivity index (χ1n) is 10.9. The Bertz CT molecular complexity index is 1310. The molecular weight excluding hydrogens is 488 g/mol. The highest BCUT2D eigenvalue weighted by Gasteiger charge is 2.26. The number of nitriles is 1. The summed E-state index contributed by atoms with van der Waals surface area (Å²) >= 11 is 4.78. The Morgan fingerprint density at radius 1 is 1.19 bits per heavy atom. The summed E-state index contributed by atoms with van der Waals surface area (Å²) in [7, 11) is 0. The van der Waals surface area contributed by atoms with Crippen LogP contribution in [0.15, 0.2) is 49.2 Å². The van der Waals surface area contributed by atoms with E-state index in [9.17, 15) is 4.79 Å². The van der Waals surface area contributed by atoms with Gasteiger partial charge >= 0.3 is 0 Å². The molecule has 0 radical (unpaired) electrons. The van der Waals surface area contributed by atoms with Crippen molar-refractivity contribution in [1.82, 2.24) is 25.2 Å². The van der Waals surface area contributed by atoms with Crippen molar-refractivity contribution in [1.29, 1.82) is 5.26 Å². The highest BCUT2D eigenvalue weighted by molar-refractivity contribution is 7.80. The van der Waals surface area contributed by atoms with Gasteiger partial charge in [0.25, 0.3) is 17.3 Å². The molecule has 1 amide bonds. The quantitative estimate of drug-likeness (QED) is 0.400. The van der Waals surface area contributed by atoms with Crippen molar-refractivity contribution in [2.24, 2.45) is 0 Å². The molecule has 2 aromatic carbocycles. The summed E-state index contributed by atoms with van der Waals surface area (Å²) in [5.41, 5.74) is 1.89. The lowest BCUT2D eigenvalue weighted by atomic mass is 10.1. The van der Waals surface area contributed by atoms with Crippen molar-refractivity contribution in [2.45, 2.75) is 6.54 Å². The summed E-state index contributed by atoms with van der Waals surface area (Å²) in [5.74, 6) is -1.62. The van der Waals surface area contributed by atoms with Gasteiger partial charge in [-0.25, -0.2) is 13.5 Å². The first-order valence-corrected chi connectivity index (χ1v) is 11.3. The third-order valence-electron chi connectivity index (χ3n) is 5.64. The number of rotatable bonds is 6. The fourth-order valence-electron chi connectivity index (χ4n) is 3.81. The van der Waals surface area contributed by atoms with E-state index in [1.165, 1.54) is 29.3 Å². The third kappa shape index (κ3) is 5.47. The SMILES string of the molecule is C=Cc1ccc(C(=O)N2CCN(c3c(F)cc(-n4cc(CNC(=S)OC#N)nn4)cc3F)CC2)cc1. The lowest BCUT2D eigenvalue weighted by Gasteiger charge is -2.36. The van der Waals surface area contributed by atoms with E-state index in [2.05, 4.69) is 26.9 Å². The van der Waals surface area contributed by atoms with Gasteiger partial charge < -0.3 is 19.9 Å². The van der Waals surface area contributed by atoms with Gasteiger partial charge in [0, 0.05) is 43.9 Å². The lowest BCUT2D eigenvalue weighted by molar-refractivity contribution is 0.0746. The molecule has 3 aromatic rings. The van der Waals surface area contributed by atoms with Crippen LogP contribution < -0.4 is 10.2 Å². The number of aromatic nitrogens is 3. The molecule has 0 spiro atoms. The number of carbonyl (C=O) groups is 1. The van der Waals surface area contributed by atoms with E-state index in [0.717, 1.165) is 5.56 Å². The monoisotopic (exact) mass is 509 g/mol. The molecule has 2 heterocycles. The average molecular weight is 510 g/mol. The lowest BCUT2D eigenvalue weighted by Crippen LogP contribution is -2.49. The fraction of sp³-hybridized carbons (Fsp3) is 0.208. The maximum Gasteiger partial charge on any atom is 0.294 e. The summed E-state index contributed by atoms with van der Waals surface area (Å²) in [4.78, 5) is 16.0. The molecule has 1 aliphatic rings. The second-order valence-corrected chi connectivity index (χ2v) is 8.22. The number of thiocarbonyl (C=S) groups is 1. The van der Waals surface area contributed by atoms with Crippen molar-refractivity contribution in [3.05, 3.63) is 77.6 Å². The van der Waals surface area contributed by atoms with E-state index in [4.69, 9.17) is 17.5 Å². The Hall–Kier alpha value is -4.37. The summed E-state index contributed by atoms with van der Waals surface area (Å²) < 4.78 is 35.7. The molecule has 4 rings (SSSR count). The number of ether oxygens (including phenoxy) is 1. The second kappa shape index (κ2) is 10.9. The van der Waals surface area contributed by atoms with Gasteiger partial charge in [-0.15, -0.1) is 10.4 Å². The van der Waals surface area contributed by atoms with Crippen LogP contribution in [0, 0.1) is 23.2 Å². The van der Waals surface area contributed by atoms with E-state index in [-0.39, 0.29) is 42.1 Å². The van der Waals surface area contributed by atoms with Crippen LogP contribution in [0.4, 0.5) is 14.5 Å². The Morgan fingerprint density at radius 2 is 1.86 bits per heavy atom. The molecule has 1 aromatic heterocycles. The van der Waals surface area contributed by atoms with E-state index in [0.29, 0.717) is 24.3 Å². The molecule has 0 unspecified atom stereocenters. The van der Waals surface area contributed by atoms with E-state index >= 15 is 8.78 Å². The number of anilines is 1. The van der Waals surface area contributed by atoms with Gasteiger partial charge in [-0.05, 0) is 29.9 Å². The van der Waals surface area contributed by atoms with Gasteiger partial charge in [0.2, 0.25) is 0 Å². The van der Waals surface area contributed by atoms with Gasteiger partial charge in [0.1, 0.15) is 11.4 Å². The number of carbonyl (C=O) groups excluding carboxylic acids is 1. The fourth-order valence-corrected chi connectivity index (χ4v) is 3.92. The van der Waals surface area contributed by atoms with Crippen molar-refractivity contribution >= 4 is 35.1 Å². The third-order valence-corrected chi connectivity index (χ3v) is 5.86. The van der Waals surface area contributed by atoms with E-state index < -0.39 is 11.6 Å². The van der Waals surface area contributed by atoms with Crippen LogP contribution >= 0.6 is 12.2 Å². The van der Waals surface area contributed by atoms with Crippen molar-refractivity contribution in [3.63, 3.8) is 0 Å². The number of benzene rings is 2. The minimum absolute atomic E-state index is 0.116. The molecule has 1 fully saturated rings. The molecule has 0 aliphatic carbocycles. The standard InChI is InChI=1S/C24H21F2N7O2S/c1-2-16-3-5-17(6-4-16)23(34)32-9-7-31(8-10-32)22-20(25)11-19(12-21(22)26)33-14-18(29-30-33)13-28-24(36)35-15-27/h2-6,11-12,14H,1,7-10,13H2,(H,28,36). The molecular formula is C24H21F2N7O2S. The first kappa shape index (κ1) is 24.7. The van der Waals surface area contributed by atoms with Gasteiger partial charge in [-0.1, -0.05) is 30.0 Å².